The molecule has 0 unspecified atom stereocenters. The van der Waals surface area contributed by atoms with Gasteiger partial charge in [0.05, 0.1) is 23.5 Å². The minimum atomic E-state index is -1.31. The van der Waals surface area contributed by atoms with Crippen LogP contribution in [0, 0.1) is 10.1 Å². The van der Waals surface area contributed by atoms with Crippen molar-refractivity contribution < 1.29 is 24.4 Å². The summed E-state index contributed by atoms with van der Waals surface area (Å²) in [4.78, 5) is 44.6. The maximum Gasteiger partial charge on any atom is 0.335 e. The Morgan fingerprint density at radius 2 is 2.05 bits per heavy atom. The number of anilines is 1. The molecule has 0 radical (unpaired) electrons. The molecular formula is C11H8N2O6. The van der Waals surface area contributed by atoms with Gasteiger partial charge >= 0.3 is 5.97 Å². The standard InChI is InChI=1S/C11H8N2O6/c14-7-4-10(15)12(5-7)8-2-1-6(11(16)17)3-9(8)13(18)19/h1-3H,4-5H2,(H,16,17). The molecule has 1 fully saturated rings. The summed E-state index contributed by atoms with van der Waals surface area (Å²) < 4.78 is 0. The molecule has 0 bridgehead atoms. The molecule has 1 aromatic carbocycles. The molecule has 1 aliphatic rings. The summed E-state index contributed by atoms with van der Waals surface area (Å²) in [6.07, 6.45) is -0.294. The smallest absolute Gasteiger partial charge is 0.335 e. The average molecular weight is 264 g/mol. The Balaban J connectivity index is 2.51. The zero-order valence-electron chi connectivity index (χ0n) is 9.53. The Kier molecular flexibility index (Phi) is 2.99. The van der Waals surface area contributed by atoms with E-state index >= 15 is 0 Å². The minimum Gasteiger partial charge on any atom is -0.478 e. The number of hydrogen-bond acceptors (Lipinski definition) is 5. The molecule has 8 nitrogen and oxygen atoms in total. The molecule has 0 aromatic heterocycles. The van der Waals surface area contributed by atoms with Crippen LogP contribution in [-0.4, -0.2) is 34.2 Å². The highest BCUT2D eigenvalue weighted by Gasteiger charge is 2.33. The second-order valence-electron chi connectivity index (χ2n) is 3.96. The number of hydrogen-bond donors (Lipinski definition) is 1. The monoisotopic (exact) mass is 264 g/mol. The fraction of sp³-hybridized carbons (Fsp3) is 0.182. The first kappa shape index (κ1) is 12.7. The van der Waals surface area contributed by atoms with Crippen molar-refractivity contribution in [1.82, 2.24) is 0 Å². The molecule has 1 aromatic rings. The van der Waals surface area contributed by atoms with Gasteiger partial charge in [0.1, 0.15) is 5.69 Å². The Labute approximate surface area is 106 Å². The zero-order valence-corrected chi connectivity index (χ0v) is 9.53. The van der Waals surface area contributed by atoms with Crippen LogP contribution in [0.3, 0.4) is 0 Å². The van der Waals surface area contributed by atoms with Gasteiger partial charge in [0.2, 0.25) is 5.91 Å². The summed E-state index contributed by atoms with van der Waals surface area (Å²) in [5.41, 5.74) is -0.831. The predicted octanol–water partition coefficient (Wildman–Crippen LogP) is 0.599. The van der Waals surface area contributed by atoms with Gasteiger partial charge in [0.25, 0.3) is 5.69 Å². The maximum absolute atomic E-state index is 11.5. The van der Waals surface area contributed by atoms with Crippen molar-refractivity contribution in [2.75, 3.05) is 11.4 Å². The van der Waals surface area contributed by atoms with E-state index in [0.717, 1.165) is 23.1 Å². The van der Waals surface area contributed by atoms with E-state index in [0.29, 0.717) is 0 Å². The topological polar surface area (TPSA) is 118 Å². The molecule has 1 aliphatic heterocycles. The van der Waals surface area contributed by atoms with Crippen molar-refractivity contribution in [2.45, 2.75) is 6.42 Å². The maximum atomic E-state index is 11.5. The van der Waals surface area contributed by atoms with Crippen molar-refractivity contribution in [3.63, 3.8) is 0 Å². The Morgan fingerprint density at radius 1 is 1.37 bits per heavy atom. The lowest BCUT2D eigenvalue weighted by molar-refractivity contribution is -0.384. The second kappa shape index (κ2) is 4.48. The fourth-order valence-electron chi connectivity index (χ4n) is 1.83. The van der Waals surface area contributed by atoms with Crippen LogP contribution in [0.25, 0.3) is 0 Å². The van der Waals surface area contributed by atoms with Crippen LogP contribution >= 0.6 is 0 Å². The van der Waals surface area contributed by atoms with Gasteiger partial charge in [0, 0.05) is 6.07 Å². The van der Waals surface area contributed by atoms with Crippen molar-refractivity contribution in [3.05, 3.63) is 33.9 Å². The number of ketones is 1. The van der Waals surface area contributed by atoms with Crippen molar-refractivity contribution in [3.8, 4) is 0 Å². The molecule has 2 rings (SSSR count). The number of nitro groups is 1. The normalized spacial score (nSPS) is 14.8. The Morgan fingerprint density at radius 3 is 2.53 bits per heavy atom. The van der Waals surface area contributed by atoms with E-state index < -0.39 is 22.5 Å². The second-order valence-corrected chi connectivity index (χ2v) is 3.96. The van der Waals surface area contributed by atoms with Crippen molar-refractivity contribution in [1.29, 1.82) is 0 Å². The van der Waals surface area contributed by atoms with E-state index in [-0.39, 0.29) is 30.0 Å². The molecule has 1 N–H and O–H groups in total. The van der Waals surface area contributed by atoms with Gasteiger partial charge in [-0.25, -0.2) is 4.79 Å². The number of Topliss-reactive ketones (excluding diaryl/α,β-unsaturated/α-hetero) is 1. The number of benzene rings is 1. The van der Waals surface area contributed by atoms with Crippen LogP contribution in [0.15, 0.2) is 18.2 Å². The van der Waals surface area contributed by atoms with Gasteiger partial charge < -0.3 is 5.11 Å². The van der Waals surface area contributed by atoms with E-state index in [2.05, 4.69) is 0 Å². The summed E-state index contributed by atoms with van der Waals surface area (Å²) in [5.74, 6) is -2.17. The van der Waals surface area contributed by atoms with Crippen LogP contribution in [0.5, 0.6) is 0 Å². The molecule has 0 saturated carbocycles. The number of carbonyl (C=O) groups excluding carboxylic acids is 2. The highest BCUT2D eigenvalue weighted by molar-refractivity contribution is 6.15. The summed E-state index contributed by atoms with van der Waals surface area (Å²) in [7, 11) is 0. The van der Waals surface area contributed by atoms with Crippen molar-refractivity contribution >= 4 is 29.0 Å². The van der Waals surface area contributed by atoms with Crippen LogP contribution in [0.2, 0.25) is 0 Å². The molecule has 0 atom stereocenters. The number of amides is 1. The fourth-order valence-corrected chi connectivity index (χ4v) is 1.83. The Bertz CT molecular complexity index is 609. The summed E-state index contributed by atoms with van der Waals surface area (Å²) in [5, 5.41) is 19.7. The van der Waals surface area contributed by atoms with Gasteiger partial charge in [-0.2, -0.15) is 0 Å². The third-order valence-electron chi connectivity index (χ3n) is 2.69. The number of carboxylic acid groups (broad SMARTS) is 1. The molecule has 19 heavy (non-hydrogen) atoms. The lowest BCUT2D eigenvalue weighted by Gasteiger charge is -2.14. The van der Waals surface area contributed by atoms with Gasteiger partial charge in [-0.1, -0.05) is 0 Å². The van der Waals surface area contributed by atoms with Crippen molar-refractivity contribution in [2.24, 2.45) is 0 Å². The predicted molar refractivity (Wildman–Crippen MR) is 62.0 cm³/mol. The van der Waals surface area contributed by atoms with E-state index in [9.17, 15) is 24.5 Å². The quantitative estimate of drug-likeness (QED) is 0.485. The number of carbonyl (C=O) groups is 3. The van der Waals surface area contributed by atoms with Gasteiger partial charge in [-0.3, -0.25) is 24.6 Å². The van der Waals surface area contributed by atoms with E-state index in [1.165, 1.54) is 0 Å². The summed E-state index contributed by atoms with van der Waals surface area (Å²) in [6, 6.07) is 3.19. The van der Waals surface area contributed by atoms with Gasteiger partial charge in [-0.05, 0) is 12.1 Å². The highest BCUT2D eigenvalue weighted by Crippen LogP contribution is 2.31. The first-order valence-electron chi connectivity index (χ1n) is 5.24. The van der Waals surface area contributed by atoms with Crippen LogP contribution in [0.1, 0.15) is 16.8 Å². The molecule has 1 amide bonds. The summed E-state index contributed by atoms with van der Waals surface area (Å²) in [6.45, 7) is -0.230. The molecule has 8 heteroatoms. The average Bonchev–Trinajstić information content (AvgIpc) is 2.67. The molecule has 0 aliphatic carbocycles. The third-order valence-corrected chi connectivity index (χ3v) is 2.69. The highest BCUT2D eigenvalue weighted by atomic mass is 16.6. The van der Waals surface area contributed by atoms with Crippen LogP contribution in [0.4, 0.5) is 11.4 Å². The van der Waals surface area contributed by atoms with E-state index in [1.807, 2.05) is 0 Å². The molecular weight excluding hydrogens is 256 g/mol. The zero-order chi connectivity index (χ0) is 14.2. The van der Waals surface area contributed by atoms with Gasteiger partial charge in [0.15, 0.2) is 5.78 Å². The number of aromatic carboxylic acids is 1. The third kappa shape index (κ3) is 2.28. The first-order valence-corrected chi connectivity index (χ1v) is 5.24. The molecule has 1 heterocycles. The number of nitro benzene ring substituents is 1. The molecule has 98 valence electrons. The first-order chi connectivity index (χ1) is 8.90. The Hall–Kier alpha value is -2.77. The minimum absolute atomic E-state index is 0.0640. The van der Waals surface area contributed by atoms with Crippen LogP contribution < -0.4 is 4.90 Å². The number of carboxylic acids is 1. The number of rotatable bonds is 3. The largest absolute Gasteiger partial charge is 0.478 e. The van der Waals surface area contributed by atoms with E-state index in [1.54, 1.807) is 0 Å². The van der Waals surface area contributed by atoms with E-state index in [4.69, 9.17) is 5.11 Å². The number of nitrogens with zero attached hydrogens (tertiary/aromatic N) is 2. The van der Waals surface area contributed by atoms with Crippen LogP contribution in [-0.2, 0) is 9.59 Å². The molecule has 1 saturated heterocycles. The summed E-state index contributed by atoms with van der Waals surface area (Å²) >= 11 is 0. The SMILES string of the molecule is O=C1CC(=O)N(c2ccc(C(=O)O)cc2[N+](=O)[O-])C1. The lowest BCUT2D eigenvalue weighted by Crippen LogP contribution is -2.25. The van der Waals surface area contributed by atoms with Gasteiger partial charge in [-0.15, -0.1) is 0 Å². The lowest BCUT2D eigenvalue weighted by atomic mass is 10.1. The molecule has 0 spiro atoms.